The molecule has 0 aliphatic carbocycles. The Hall–Kier alpha value is -2.05. The van der Waals surface area contributed by atoms with Crippen LogP contribution in [-0.2, 0) is 9.47 Å². The number of carbonyl (C=O) groups excluding carboxylic acids is 1. The maximum Gasteiger partial charge on any atom is 0.345 e. The molecule has 1 atom stereocenters. The lowest BCUT2D eigenvalue weighted by molar-refractivity contribution is 0.0599. The first-order valence-electron chi connectivity index (χ1n) is 7.40. The third kappa shape index (κ3) is 3.04. The van der Waals surface area contributed by atoms with Crippen molar-refractivity contribution < 1.29 is 14.3 Å². The van der Waals surface area contributed by atoms with E-state index < -0.39 is 11.5 Å². The number of H-pyrrole nitrogens is 1. The van der Waals surface area contributed by atoms with Crippen LogP contribution in [0.1, 0.15) is 23.2 Å². The lowest BCUT2D eigenvalue weighted by Gasteiger charge is -2.16. The van der Waals surface area contributed by atoms with Gasteiger partial charge in [-0.25, -0.2) is 4.79 Å². The van der Waals surface area contributed by atoms with E-state index in [9.17, 15) is 9.59 Å². The molecule has 1 fully saturated rings. The summed E-state index contributed by atoms with van der Waals surface area (Å²) in [6.07, 6.45) is 2.02. The predicted molar refractivity (Wildman–Crippen MR) is 88.4 cm³/mol. The molecule has 122 valence electrons. The van der Waals surface area contributed by atoms with Crippen LogP contribution in [0.2, 0.25) is 5.02 Å². The molecule has 1 aromatic heterocycles. The number of carbonyl (C=O) groups is 1. The first-order valence-corrected chi connectivity index (χ1v) is 7.78. The number of hydrogen-bond donors (Lipinski definition) is 2. The van der Waals surface area contributed by atoms with Crippen molar-refractivity contribution in [1.29, 1.82) is 0 Å². The number of methoxy groups -OCH3 is 1. The van der Waals surface area contributed by atoms with E-state index in [1.54, 1.807) is 18.2 Å². The van der Waals surface area contributed by atoms with Gasteiger partial charge in [-0.3, -0.25) is 4.79 Å². The number of ether oxygens (including phenoxy) is 2. The van der Waals surface area contributed by atoms with Crippen molar-refractivity contribution in [2.75, 3.05) is 25.6 Å². The maximum atomic E-state index is 12.3. The van der Waals surface area contributed by atoms with Crippen LogP contribution < -0.4 is 10.9 Å². The Morgan fingerprint density at radius 1 is 1.52 bits per heavy atom. The molecule has 0 saturated carbocycles. The molecule has 23 heavy (non-hydrogen) atoms. The number of halogens is 1. The summed E-state index contributed by atoms with van der Waals surface area (Å²) in [4.78, 5) is 27.0. The number of pyridine rings is 1. The zero-order valence-electron chi connectivity index (χ0n) is 12.6. The molecule has 2 N–H and O–H groups in total. The van der Waals surface area contributed by atoms with Crippen molar-refractivity contribution in [3.05, 3.63) is 39.1 Å². The molecule has 6 nitrogen and oxygen atoms in total. The van der Waals surface area contributed by atoms with Crippen molar-refractivity contribution in [3.8, 4) is 0 Å². The molecule has 1 aromatic carbocycles. The minimum Gasteiger partial charge on any atom is -0.465 e. The average Bonchev–Trinajstić information content (AvgIpc) is 3.06. The fraction of sp³-hybridized carbons (Fsp3) is 0.375. The summed E-state index contributed by atoms with van der Waals surface area (Å²) in [5, 5.41) is 4.25. The van der Waals surface area contributed by atoms with E-state index in [-0.39, 0.29) is 11.7 Å². The van der Waals surface area contributed by atoms with Crippen molar-refractivity contribution in [2.24, 2.45) is 0 Å². The highest BCUT2D eigenvalue weighted by Gasteiger charge is 2.22. The van der Waals surface area contributed by atoms with E-state index in [0.29, 0.717) is 28.2 Å². The quantitative estimate of drug-likeness (QED) is 0.839. The molecule has 1 aliphatic heterocycles. The van der Waals surface area contributed by atoms with Gasteiger partial charge < -0.3 is 19.8 Å². The lowest BCUT2D eigenvalue weighted by atomic mass is 10.1. The highest BCUT2D eigenvalue weighted by molar-refractivity contribution is 6.35. The summed E-state index contributed by atoms with van der Waals surface area (Å²) in [6.45, 7) is 1.24. The van der Waals surface area contributed by atoms with Crippen LogP contribution in [0.4, 0.5) is 5.69 Å². The molecule has 1 aliphatic rings. The van der Waals surface area contributed by atoms with Crippen LogP contribution in [0.5, 0.6) is 0 Å². The highest BCUT2D eigenvalue weighted by Crippen LogP contribution is 2.29. The second-order valence-electron chi connectivity index (χ2n) is 5.37. The first-order chi connectivity index (χ1) is 11.1. The van der Waals surface area contributed by atoms with Crippen molar-refractivity contribution in [2.45, 2.75) is 18.9 Å². The van der Waals surface area contributed by atoms with Crippen LogP contribution >= 0.6 is 11.6 Å². The largest absolute Gasteiger partial charge is 0.465 e. The van der Waals surface area contributed by atoms with Gasteiger partial charge in [-0.05, 0) is 18.9 Å². The fourth-order valence-electron chi connectivity index (χ4n) is 2.79. The SMILES string of the molecule is COC(=O)c1c(NC[C@H]2CCCO2)c2cccc(Cl)c2[nH]c1=O. The molecule has 3 rings (SSSR count). The van der Waals surface area contributed by atoms with E-state index in [0.717, 1.165) is 19.4 Å². The summed E-state index contributed by atoms with van der Waals surface area (Å²) in [7, 11) is 1.24. The van der Waals surface area contributed by atoms with E-state index in [2.05, 4.69) is 10.3 Å². The summed E-state index contributed by atoms with van der Waals surface area (Å²) in [5.41, 5.74) is 0.322. The monoisotopic (exact) mass is 336 g/mol. The predicted octanol–water partition coefficient (Wildman–Crippen LogP) is 2.56. The van der Waals surface area contributed by atoms with Gasteiger partial charge in [0.2, 0.25) is 0 Å². The highest BCUT2D eigenvalue weighted by atomic mass is 35.5. The summed E-state index contributed by atoms with van der Waals surface area (Å²) in [6, 6.07) is 5.24. The van der Waals surface area contributed by atoms with Gasteiger partial charge >= 0.3 is 5.97 Å². The smallest absolute Gasteiger partial charge is 0.345 e. The average molecular weight is 337 g/mol. The number of aromatic amines is 1. The molecule has 0 radical (unpaired) electrons. The summed E-state index contributed by atoms with van der Waals surface area (Å²) >= 11 is 6.16. The van der Waals surface area contributed by atoms with Crippen LogP contribution in [0.3, 0.4) is 0 Å². The van der Waals surface area contributed by atoms with E-state index in [1.807, 2.05) is 0 Å². The lowest BCUT2D eigenvalue weighted by Crippen LogP contribution is -2.25. The molecule has 7 heteroatoms. The molecule has 0 bridgehead atoms. The Balaban J connectivity index is 2.11. The maximum absolute atomic E-state index is 12.3. The Labute approximate surface area is 137 Å². The summed E-state index contributed by atoms with van der Waals surface area (Å²) in [5.74, 6) is -0.692. The molecular weight excluding hydrogens is 320 g/mol. The molecular formula is C16H17ClN2O4. The zero-order valence-corrected chi connectivity index (χ0v) is 13.4. The van der Waals surface area contributed by atoms with Crippen LogP contribution in [-0.4, -0.2) is 37.3 Å². The summed E-state index contributed by atoms with van der Waals surface area (Å²) < 4.78 is 10.3. The fourth-order valence-corrected chi connectivity index (χ4v) is 3.01. The van der Waals surface area contributed by atoms with Gasteiger partial charge in [0.15, 0.2) is 0 Å². The minimum atomic E-state index is -0.692. The van der Waals surface area contributed by atoms with Crippen molar-refractivity contribution >= 4 is 34.2 Å². The molecule has 2 aromatic rings. The number of esters is 1. The normalized spacial score (nSPS) is 17.4. The second kappa shape index (κ2) is 6.60. The molecule has 0 unspecified atom stereocenters. The van der Waals surface area contributed by atoms with Gasteiger partial charge in [-0.15, -0.1) is 0 Å². The Bertz CT molecular complexity index is 797. The number of anilines is 1. The number of aromatic nitrogens is 1. The molecule has 0 spiro atoms. The van der Waals surface area contributed by atoms with Gasteiger partial charge in [0.05, 0.1) is 29.4 Å². The van der Waals surface area contributed by atoms with Gasteiger partial charge in [0.1, 0.15) is 5.56 Å². The van der Waals surface area contributed by atoms with Crippen LogP contribution in [0.15, 0.2) is 23.0 Å². The van der Waals surface area contributed by atoms with E-state index >= 15 is 0 Å². The number of hydrogen-bond acceptors (Lipinski definition) is 5. The Morgan fingerprint density at radius 3 is 3.04 bits per heavy atom. The number of nitrogens with one attached hydrogen (secondary N) is 2. The number of benzene rings is 1. The van der Waals surface area contributed by atoms with E-state index in [4.69, 9.17) is 21.1 Å². The van der Waals surface area contributed by atoms with E-state index in [1.165, 1.54) is 7.11 Å². The Morgan fingerprint density at radius 2 is 2.35 bits per heavy atom. The molecule has 2 heterocycles. The van der Waals surface area contributed by atoms with Crippen molar-refractivity contribution in [1.82, 2.24) is 4.98 Å². The molecule has 1 saturated heterocycles. The minimum absolute atomic E-state index is 0.0553. The third-order valence-electron chi connectivity index (χ3n) is 3.92. The standard InChI is InChI=1S/C16H17ClN2O4/c1-22-16(21)12-14(18-8-9-4-3-7-23-9)10-5-2-6-11(17)13(10)19-15(12)20/h2,5-6,9H,3-4,7-8H2,1H3,(H2,18,19,20)/t9-/m1/s1. The van der Waals surface area contributed by atoms with Crippen LogP contribution in [0, 0.1) is 0 Å². The van der Waals surface area contributed by atoms with Crippen molar-refractivity contribution in [3.63, 3.8) is 0 Å². The molecule has 0 amide bonds. The number of rotatable bonds is 4. The number of para-hydroxylation sites is 1. The van der Waals surface area contributed by atoms with Gasteiger partial charge in [0.25, 0.3) is 5.56 Å². The van der Waals surface area contributed by atoms with Crippen LogP contribution in [0.25, 0.3) is 10.9 Å². The topological polar surface area (TPSA) is 80.4 Å². The van der Waals surface area contributed by atoms with Gasteiger partial charge in [0, 0.05) is 18.5 Å². The number of fused-ring (bicyclic) bond motifs is 1. The second-order valence-corrected chi connectivity index (χ2v) is 5.78. The van der Waals surface area contributed by atoms with Gasteiger partial charge in [-0.1, -0.05) is 23.7 Å². The first kappa shape index (κ1) is 15.8. The third-order valence-corrected chi connectivity index (χ3v) is 4.23. The van der Waals surface area contributed by atoms with Gasteiger partial charge in [-0.2, -0.15) is 0 Å². The Kier molecular flexibility index (Phi) is 4.54. The zero-order chi connectivity index (χ0) is 16.4.